The lowest BCUT2D eigenvalue weighted by atomic mass is 9.98. The number of hydrogen-bond acceptors (Lipinski definition) is 4. The first kappa shape index (κ1) is 13.2. The van der Waals surface area contributed by atoms with E-state index in [0.29, 0.717) is 6.42 Å². The Balaban J connectivity index is 1.92. The molecular weight excluding hydrogens is 252 g/mol. The molecule has 0 saturated carbocycles. The molecule has 1 amide bonds. The second-order valence-electron chi connectivity index (χ2n) is 6.45. The number of nitrogens with one attached hydrogen (secondary N) is 1. The third-order valence-electron chi connectivity index (χ3n) is 4.53. The van der Waals surface area contributed by atoms with E-state index < -0.39 is 0 Å². The molecule has 1 saturated heterocycles. The molecule has 0 bridgehead atoms. The van der Waals surface area contributed by atoms with E-state index in [0.717, 1.165) is 42.3 Å². The van der Waals surface area contributed by atoms with Crippen molar-refractivity contribution in [3.63, 3.8) is 0 Å². The summed E-state index contributed by atoms with van der Waals surface area (Å²) in [4.78, 5) is 16.2. The molecule has 0 spiro atoms. The van der Waals surface area contributed by atoms with Crippen molar-refractivity contribution in [2.24, 2.45) is 0 Å². The number of nitrogen functional groups attached to an aromatic ring is 1. The van der Waals surface area contributed by atoms with Crippen LogP contribution in [-0.2, 0) is 11.2 Å². The molecule has 0 atom stereocenters. The highest BCUT2D eigenvalue weighted by molar-refractivity contribution is 6.00. The second kappa shape index (κ2) is 4.38. The van der Waals surface area contributed by atoms with Gasteiger partial charge in [-0.1, -0.05) is 0 Å². The second-order valence-corrected chi connectivity index (χ2v) is 6.45. The van der Waals surface area contributed by atoms with Gasteiger partial charge in [-0.05, 0) is 38.6 Å². The summed E-state index contributed by atoms with van der Waals surface area (Å²) in [5.41, 5.74) is 10.0. The van der Waals surface area contributed by atoms with E-state index in [1.807, 2.05) is 12.1 Å². The monoisotopic (exact) mass is 274 g/mol. The lowest BCUT2D eigenvalue weighted by Gasteiger charge is -2.46. The lowest BCUT2D eigenvalue weighted by Crippen LogP contribution is -2.57. The fraction of sp³-hybridized carbons (Fsp3) is 0.533. The summed E-state index contributed by atoms with van der Waals surface area (Å²) in [6, 6.07) is 3.96. The van der Waals surface area contributed by atoms with Gasteiger partial charge in [0.15, 0.2) is 0 Å². The van der Waals surface area contributed by atoms with Gasteiger partial charge in [-0.25, -0.2) is 0 Å². The zero-order valence-electron chi connectivity index (χ0n) is 12.4. The molecule has 3 N–H and O–H groups in total. The van der Waals surface area contributed by atoms with Crippen LogP contribution < -0.4 is 16.0 Å². The number of anilines is 3. The van der Waals surface area contributed by atoms with Crippen LogP contribution in [-0.4, -0.2) is 43.0 Å². The SMILES string of the molecule is CN1CCN(c2cc3c(cc2N)CC(=O)N3)CC1(C)C. The lowest BCUT2D eigenvalue weighted by molar-refractivity contribution is -0.115. The Bertz CT molecular complexity index is 567. The van der Waals surface area contributed by atoms with Crippen LogP contribution in [0.5, 0.6) is 0 Å². The molecular formula is C15H22N4O. The van der Waals surface area contributed by atoms with Crippen LogP contribution in [0.3, 0.4) is 0 Å². The molecule has 2 aliphatic rings. The molecule has 1 fully saturated rings. The number of carbonyl (C=O) groups is 1. The van der Waals surface area contributed by atoms with Crippen LogP contribution in [0.2, 0.25) is 0 Å². The zero-order chi connectivity index (χ0) is 14.5. The number of benzene rings is 1. The van der Waals surface area contributed by atoms with Crippen LogP contribution in [0.4, 0.5) is 17.1 Å². The van der Waals surface area contributed by atoms with Crippen molar-refractivity contribution in [3.05, 3.63) is 17.7 Å². The number of hydrogen-bond donors (Lipinski definition) is 2. The minimum Gasteiger partial charge on any atom is -0.397 e. The number of rotatable bonds is 1. The van der Waals surface area contributed by atoms with Gasteiger partial charge in [0.05, 0.1) is 17.8 Å². The number of nitrogens with two attached hydrogens (primary N) is 1. The predicted molar refractivity (Wildman–Crippen MR) is 82.1 cm³/mol. The van der Waals surface area contributed by atoms with E-state index in [4.69, 9.17) is 5.73 Å². The van der Waals surface area contributed by atoms with Gasteiger partial charge in [0.1, 0.15) is 0 Å². The number of nitrogens with zero attached hydrogens (tertiary/aromatic N) is 2. The topological polar surface area (TPSA) is 61.6 Å². The Morgan fingerprint density at radius 3 is 2.75 bits per heavy atom. The van der Waals surface area contributed by atoms with Gasteiger partial charge in [-0.15, -0.1) is 0 Å². The van der Waals surface area contributed by atoms with Crippen molar-refractivity contribution in [1.29, 1.82) is 0 Å². The minimum atomic E-state index is 0.0512. The van der Waals surface area contributed by atoms with Gasteiger partial charge in [-0.3, -0.25) is 9.69 Å². The van der Waals surface area contributed by atoms with Gasteiger partial charge in [-0.2, -0.15) is 0 Å². The zero-order valence-corrected chi connectivity index (χ0v) is 12.4. The molecule has 1 aromatic rings. The molecule has 0 unspecified atom stereocenters. The highest BCUT2D eigenvalue weighted by Gasteiger charge is 2.32. The van der Waals surface area contributed by atoms with Crippen molar-refractivity contribution >= 4 is 23.0 Å². The number of likely N-dealkylation sites (N-methyl/N-ethyl adjacent to an activating group) is 1. The van der Waals surface area contributed by atoms with Gasteiger partial charge < -0.3 is 16.0 Å². The van der Waals surface area contributed by atoms with Crippen LogP contribution in [0, 0.1) is 0 Å². The number of amides is 1. The molecule has 5 heteroatoms. The van der Waals surface area contributed by atoms with E-state index in [-0.39, 0.29) is 11.4 Å². The molecule has 108 valence electrons. The molecule has 0 aliphatic carbocycles. The van der Waals surface area contributed by atoms with Crippen molar-refractivity contribution in [1.82, 2.24) is 4.90 Å². The number of carbonyl (C=O) groups excluding carboxylic acids is 1. The number of fused-ring (bicyclic) bond motifs is 1. The van der Waals surface area contributed by atoms with Crippen molar-refractivity contribution < 1.29 is 4.79 Å². The summed E-state index contributed by atoms with van der Waals surface area (Å²) in [6.07, 6.45) is 0.439. The van der Waals surface area contributed by atoms with Crippen LogP contribution in [0.25, 0.3) is 0 Å². The highest BCUT2D eigenvalue weighted by atomic mass is 16.1. The van der Waals surface area contributed by atoms with Crippen molar-refractivity contribution in [2.45, 2.75) is 25.8 Å². The normalized spacial score (nSPS) is 21.8. The summed E-state index contributed by atoms with van der Waals surface area (Å²) in [6.45, 7) is 7.38. The third-order valence-corrected chi connectivity index (χ3v) is 4.53. The Kier molecular flexibility index (Phi) is 2.90. The molecule has 2 aliphatic heterocycles. The smallest absolute Gasteiger partial charge is 0.228 e. The van der Waals surface area contributed by atoms with E-state index >= 15 is 0 Å². The maximum atomic E-state index is 11.5. The fourth-order valence-corrected chi connectivity index (χ4v) is 3.00. The average Bonchev–Trinajstić information content (AvgIpc) is 2.71. The molecule has 0 radical (unpaired) electrons. The van der Waals surface area contributed by atoms with Crippen molar-refractivity contribution in [2.75, 3.05) is 42.6 Å². The van der Waals surface area contributed by atoms with Crippen LogP contribution in [0.1, 0.15) is 19.4 Å². The number of piperazine rings is 1. The largest absolute Gasteiger partial charge is 0.397 e. The third kappa shape index (κ3) is 2.12. The fourth-order valence-electron chi connectivity index (χ4n) is 3.00. The van der Waals surface area contributed by atoms with E-state index in [2.05, 4.69) is 36.0 Å². The first-order chi connectivity index (χ1) is 9.37. The Morgan fingerprint density at radius 1 is 1.30 bits per heavy atom. The Labute approximate surface area is 119 Å². The van der Waals surface area contributed by atoms with Gasteiger partial charge in [0.2, 0.25) is 5.91 Å². The van der Waals surface area contributed by atoms with E-state index in [1.54, 1.807) is 0 Å². The van der Waals surface area contributed by atoms with Gasteiger partial charge >= 0.3 is 0 Å². The van der Waals surface area contributed by atoms with Gasteiger partial charge in [0, 0.05) is 30.9 Å². The molecule has 5 nitrogen and oxygen atoms in total. The summed E-state index contributed by atoms with van der Waals surface area (Å²) < 4.78 is 0. The Hall–Kier alpha value is -1.75. The molecule has 1 aromatic carbocycles. The summed E-state index contributed by atoms with van der Waals surface area (Å²) >= 11 is 0. The minimum absolute atomic E-state index is 0.0512. The van der Waals surface area contributed by atoms with Crippen LogP contribution >= 0.6 is 0 Å². The Morgan fingerprint density at radius 2 is 2.05 bits per heavy atom. The first-order valence-corrected chi connectivity index (χ1v) is 7.05. The maximum absolute atomic E-state index is 11.5. The maximum Gasteiger partial charge on any atom is 0.228 e. The first-order valence-electron chi connectivity index (χ1n) is 7.05. The summed E-state index contributed by atoms with van der Waals surface area (Å²) in [5.74, 6) is 0.0512. The molecule has 2 heterocycles. The highest BCUT2D eigenvalue weighted by Crippen LogP contribution is 2.35. The predicted octanol–water partition coefficient (Wildman–Crippen LogP) is 1.29. The quantitative estimate of drug-likeness (QED) is 0.758. The summed E-state index contributed by atoms with van der Waals surface area (Å²) in [5, 5.41) is 2.90. The van der Waals surface area contributed by atoms with Crippen molar-refractivity contribution in [3.8, 4) is 0 Å². The molecule has 20 heavy (non-hydrogen) atoms. The molecule has 3 rings (SSSR count). The molecule has 0 aromatic heterocycles. The van der Waals surface area contributed by atoms with Gasteiger partial charge in [0.25, 0.3) is 0 Å². The average molecular weight is 274 g/mol. The van der Waals surface area contributed by atoms with E-state index in [9.17, 15) is 4.79 Å². The summed E-state index contributed by atoms with van der Waals surface area (Å²) in [7, 11) is 2.16. The van der Waals surface area contributed by atoms with Crippen LogP contribution in [0.15, 0.2) is 12.1 Å². The van der Waals surface area contributed by atoms with E-state index in [1.165, 1.54) is 0 Å². The standard InChI is InChI=1S/C15H22N4O/c1-15(2)9-19(5-4-18(15)3)13-8-12-10(6-11(13)16)7-14(20)17-12/h6,8H,4-5,7,9,16H2,1-3H3,(H,17,20).